The van der Waals surface area contributed by atoms with Crippen LogP contribution >= 0.6 is 0 Å². The van der Waals surface area contributed by atoms with Crippen LogP contribution in [0, 0.1) is 6.08 Å². The van der Waals surface area contributed by atoms with Gasteiger partial charge in [0.25, 0.3) is 0 Å². The summed E-state index contributed by atoms with van der Waals surface area (Å²) < 4.78 is 0. The van der Waals surface area contributed by atoms with Crippen molar-refractivity contribution in [3.63, 3.8) is 0 Å². The zero-order valence-electron chi connectivity index (χ0n) is 19.4. The van der Waals surface area contributed by atoms with Gasteiger partial charge in [-0.15, -0.1) is 6.42 Å². The molecule has 0 fully saturated rings. The van der Waals surface area contributed by atoms with Crippen molar-refractivity contribution < 1.29 is 37.0 Å². The number of allylic oxidation sites excluding steroid dienone is 4. The molecule has 0 aliphatic heterocycles. The number of aliphatic hydroxyl groups excluding tert-OH is 3. The minimum Gasteiger partial charge on any atom is -0.394 e. The third-order valence-electron chi connectivity index (χ3n) is 2.41. The largest absolute Gasteiger partial charge is 0.394 e. The average Bonchev–Trinajstić information content (AvgIpc) is 2.73. The molecule has 1 aliphatic carbocycles. The van der Waals surface area contributed by atoms with Crippen LogP contribution in [0.4, 0.5) is 0 Å². The molecular formula is C20H45O3Si2Ti-. The van der Waals surface area contributed by atoms with Gasteiger partial charge in [-0.1, -0.05) is 39.3 Å². The molecule has 0 bridgehead atoms. The Labute approximate surface area is 180 Å². The van der Waals surface area contributed by atoms with Gasteiger partial charge in [-0.3, -0.25) is 6.08 Å². The Morgan fingerprint density at radius 3 is 1.15 bits per heavy atom. The summed E-state index contributed by atoms with van der Waals surface area (Å²) in [7, 11) is -2.23. The summed E-state index contributed by atoms with van der Waals surface area (Å²) in [6, 6.07) is 0. The summed E-state index contributed by atoms with van der Waals surface area (Å²) >= 11 is 0. The zero-order valence-corrected chi connectivity index (χ0v) is 22.9. The van der Waals surface area contributed by atoms with Crippen molar-refractivity contribution in [1.29, 1.82) is 0 Å². The van der Waals surface area contributed by atoms with Crippen molar-refractivity contribution in [2.45, 2.75) is 106 Å². The molecule has 0 amide bonds. The van der Waals surface area contributed by atoms with Crippen LogP contribution in [-0.4, -0.2) is 49.8 Å². The Hall–Kier alpha value is 0.508. The van der Waals surface area contributed by atoms with Crippen LogP contribution in [-0.2, 0) is 21.7 Å². The van der Waals surface area contributed by atoms with Crippen LogP contribution in [0.2, 0.25) is 39.3 Å². The molecule has 3 nitrogen and oxygen atoms in total. The first-order valence-corrected chi connectivity index (χ1v) is 16.3. The summed E-state index contributed by atoms with van der Waals surface area (Å²) in [4.78, 5) is 0. The topological polar surface area (TPSA) is 60.7 Å². The molecule has 156 valence electrons. The van der Waals surface area contributed by atoms with Crippen molar-refractivity contribution >= 4 is 16.1 Å². The Balaban J connectivity index is -0.000000155. The van der Waals surface area contributed by atoms with Gasteiger partial charge in [0.05, 0.1) is 0 Å². The van der Waals surface area contributed by atoms with Gasteiger partial charge in [-0.2, -0.15) is 6.08 Å². The van der Waals surface area contributed by atoms with Crippen LogP contribution in [0.5, 0.6) is 0 Å². The molecule has 0 atom stereocenters. The molecular weight excluding hydrogens is 392 g/mol. The minimum atomic E-state index is -1.13. The van der Waals surface area contributed by atoms with E-state index in [1.807, 2.05) is 0 Å². The summed E-state index contributed by atoms with van der Waals surface area (Å²) in [5.74, 6) is 0. The minimum absolute atomic E-state index is 0. The molecule has 1 aliphatic rings. The van der Waals surface area contributed by atoms with Gasteiger partial charge < -0.3 is 15.3 Å². The van der Waals surface area contributed by atoms with Crippen molar-refractivity contribution in [2.24, 2.45) is 0 Å². The fourth-order valence-electron chi connectivity index (χ4n) is 1.80. The van der Waals surface area contributed by atoms with E-state index >= 15 is 0 Å². The van der Waals surface area contributed by atoms with Gasteiger partial charge in [0.2, 0.25) is 0 Å². The first-order chi connectivity index (χ1) is 10.9. The maximum atomic E-state index is 8.06. The van der Waals surface area contributed by atoms with Gasteiger partial charge in [-0.25, -0.2) is 10.4 Å². The Kier molecular flexibility index (Phi) is 21.6. The molecule has 0 heterocycles. The quantitative estimate of drug-likeness (QED) is 0.423. The Bertz CT molecular complexity index is 340. The molecule has 0 saturated heterocycles. The predicted molar refractivity (Wildman–Crippen MR) is 118 cm³/mol. The van der Waals surface area contributed by atoms with Crippen molar-refractivity contribution in [2.75, 3.05) is 0 Å². The zero-order chi connectivity index (χ0) is 21.0. The standard InChI is InChI=1S/C11H21Si2.3C3H8O.Ti/c1-12(2,3)10-8-7-9-11(10)13(4,5)6;3*1-3(2)4;/h8H,7H2,1-6H3;3*3-4H,1-2H3;/q-1;;;;. The molecule has 1 rings (SSSR count). The molecule has 26 heavy (non-hydrogen) atoms. The van der Waals surface area contributed by atoms with Crippen LogP contribution in [0.3, 0.4) is 0 Å². The van der Waals surface area contributed by atoms with Crippen LogP contribution in [0.15, 0.2) is 16.5 Å². The number of hydrogen-bond acceptors (Lipinski definition) is 3. The van der Waals surface area contributed by atoms with Gasteiger partial charge in [0.15, 0.2) is 0 Å². The Morgan fingerprint density at radius 1 is 0.731 bits per heavy atom. The second kappa shape index (κ2) is 16.5. The van der Waals surface area contributed by atoms with Crippen LogP contribution < -0.4 is 0 Å². The van der Waals surface area contributed by atoms with Crippen molar-refractivity contribution in [1.82, 2.24) is 0 Å². The fourth-order valence-corrected chi connectivity index (χ4v) is 7.15. The van der Waals surface area contributed by atoms with Crippen LogP contribution in [0.25, 0.3) is 0 Å². The molecule has 6 heteroatoms. The van der Waals surface area contributed by atoms with E-state index in [0.717, 1.165) is 6.42 Å². The molecule has 0 aromatic rings. The van der Waals surface area contributed by atoms with E-state index in [0.29, 0.717) is 0 Å². The molecule has 0 aromatic carbocycles. The molecule has 0 spiro atoms. The normalized spacial score (nSPS) is 13.5. The van der Waals surface area contributed by atoms with Crippen LogP contribution in [0.1, 0.15) is 48.0 Å². The van der Waals surface area contributed by atoms with Gasteiger partial charge in [0, 0.05) is 48.1 Å². The summed E-state index contributed by atoms with van der Waals surface area (Å²) in [5.41, 5.74) is 0. The molecule has 0 saturated carbocycles. The third kappa shape index (κ3) is 26.7. The van der Waals surface area contributed by atoms with E-state index in [1.165, 1.54) is 0 Å². The van der Waals surface area contributed by atoms with E-state index in [-0.39, 0.29) is 40.0 Å². The first kappa shape index (κ1) is 34.0. The summed E-state index contributed by atoms with van der Waals surface area (Å²) in [6.45, 7) is 24.9. The van der Waals surface area contributed by atoms with E-state index in [4.69, 9.17) is 15.3 Å². The number of hydrogen-bond donors (Lipinski definition) is 3. The monoisotopic (exact) mass is 437 g/mol. The van der Waals surface area contributed by atoms with E-state index in [9.17, 15) is 0 Å². The smallest absolute Gasteiger partial charge is 0.0483 e. The maximum Gasteiger partial charge on any atom is 0.0483 e. The SMILES string of the molecule is CC(C)O.CC(C)O.CC(C)O.C[Si](C)(C)C1=[C-]CC=C1[Si](C)(C)C.[Ti]. The van der Waals surface area contributed by atoms with Gasteiger partial charge >= 0.3 is 0 Å². The second-order valence-electron chi connectivity index (χ2n) is 9.15. The van der Waals surface area contributed by atoms with Crippen molar-refractivity contribution in [3.05, 3.63) is 22.5 Å². The van der Waals surface area contributed by atoms with Gasteiger partial charge in [0.1, 0.15) is 0 Å². The first-order valence-electron chi connectivity index (χ1n) is 9.29. The summed E-state index contributed by atoms with van der Waals surface area (Å²) in [5, 5.41) is 27.5. The van der Waals surface area contributed by atoms with Gasteiger partial charge in [-0.05, 0) is 49.6 Å². The van der Waals surface area contributed by atoms with E-state index in [1.54, 1.807) is 51.9 Å². The number of aliphatic hydroxyl groups is 3. The second-order valence-corrected chi connectivity index (χ2v) is 19.2. The third-order valence-corrected chi connectivity index (χ3v) is 6.68. The molecule has 3 N–H and O–H groups in total. The molecule has 0 aromatic heterocycles. The van der Waals surface area contributed by atoms with E-state index < -0.39 is 16.1 Å². The van der Waals surface area contributed by atoms with Crippen molar-refractivity contribution in [3.8, 4) is 0 Å². The molecule has 0 radical (unpaired) electrons. The fraction of sp³-hybridized carbons (Fsp3) is 0.800. The molecule has 0 unspecified atom stereocenters. The Morgan fingerprint density at radius 2 is 1.00 bits per heavy atom. The average molecular weight is 438 g/mol. The number of rotatable bonds is 2. The van der Waals surface area contributed by atoms with E-state index in [2.05, 4.69) is 51.4 Å². The summed E-state index contributed by atoms with van der Waals surface area (Å²) in [6.07, 6.45) is 6.56. The maximum absolute atomic E-state index is 8.06. The predicted octanol–water partition coefficient (Wildman–Crippen LogP) is 4.96.